The van der Waals surface area contributed by atoms with Crippen molar-refractivity contribution in [3.8, 4) is 11.1 Å². The molecule has 0 fully saturated rings. The minimum absolute atomic E-state index is 0.0533. The molecule has 0 aliphatic rings. The number of hydrogen-bond acceptors (Lipinski definition) is 5. The fourth-order valence-corrected chi connectivity index (χ4v) is 2.83. The van der Waals surface area contributed by atoms with Crippen molar-refractivity contribution in [3.05, 3.63) is 66.7 Å². The summed E-state index contributed by atoms with van der Waals surface area (Å²) in [6.07, 6.45) is 5.77. The van der Waals surface area contributed by atoms with Crippen molar-refractivity contribution in [2.75, 3.05) is 22.6 Å². The fraction of sp³-hybridized carbons (Fsp3) is 0.150. The maximum atomic E-state index is 13.0. The Morgan fingerprint density at radius 2 is 1.63 bits per heavy atom. The number of nitrogens with one attached hydrogen (secondary N) is 2. The van der Waals surface area contributed by atoms with Crippen LogP contribution in [0.4, 0.5) is 21.7 Å². The van der Waals surface area contributed by atoms with Gasteiger partial charge < -0.3 is 10.6 Å². The van der Waals surface area contributed by atoms with Crippen LogP contribution in [0.3, 0.4) is 0 Å². The molecule has 3 rings (SSSR count). The topological polar surface area (TPSA) is 66.9 Å². The summed E-state index contributed by atoms with van der Waals surface area (Å²) in [6.45, 7) is 0. The standard InChI is InChI=1S/C20H19FN4OS/c1-27-11-8-20(26)25-19-13-15(7-10-23-19)14-6-9-22-18(12-14)24-17-4-2-16(21)3-5-17/h2-7,9-10,12-13H,8,11H2,1H3,(H,22,24)(H,23,25,26). The first-order chi connectivity index (χ1) is 13.1. The van der Waals surface area contributed by atoms with Crippen molar-refractivity contribution in [2.45, 2.75) is 6.42 Å². The summed E-state index contributed by atoms with van der Waals surface area (Å²) >= 11 is 1.63. The quantitative estimate of drug-likeness (QED) is 0.619. The normalized spacial score (nSPS) is 10.4. The first-order valence-corrected chi connectivity index (χ1v) is 9.77. The molecular formula is C20H19FN4OS. The third kappa shape index (κ3) is 5.52. The summed E-state index contributed by atoms with van der Waals surface area (Å²) in [5, 5.41) is 5.96. The van der Waals surface area contributed by atoms with E-state index in [9.17, 15) is 9.18 Å². The van der Waals surface area contributed by atoms with Gasteiger partial charge in [-0.2, -0.15) is 11.8 Å². The lowest BCUT2D eigenvalue weighted by atomic mass is 10.1. The molecular weight excluding hydrogens is 363 g/mol. The van der Waals surface area contributed by atoms with E-state index in [0.717, 1.165) is 22.6 Å². The number of benzene rings is 1. The van der Waals surface area contributed by atoms with Gasteiger partial charge in [0.05, 0.1) is 0 Å². The third-order valence-corrected chi connectivity index (χ3v) is 4.38. The number of hydrogen-bond donors (Lipinski definition) is 2. The van der Waals surface area contributed by atoms with Gasteiger partial charge in [0.2, 0.25) is 5.91 Å². The largest absolute Gasteiger partial charge is 0.340 e. The smallest absolute Gasteiger partial charge is 0.226 e. The second kappa shape index (κ2) is 9.14. The van der Waals surface area contributed by atoms with Gasteiger partial charge in [0.25, 0.3) is 0 Å². The van der Waals surface area contributed by atoms with Crippen molar-refractivity contribution in [2.24, 2.45) is 0 Å². The van der Waals surface area contributed by atoms with E-state index < -0.39 is 0 Å². The van der Waals surface area contributed by atoms with E-state index in [-0.39, 0.29) is 11.7 Å². The highest BCUT2D eigenvalue weighted by atomic mass is 32.2. The molecule has 0 bridgehead atoms. The number of aromatic nitrogens is 2. The summed E-state index contributed by atoms with van der Waals surface area (Å²) in [5.41, 5.74) is 2.59. The first kappa shape index (κ1) is 18.8. The monoisotopic (exact) mass is 382 g/mol. The van der Waals surface area contributed by atoms with Crippen LogP contribution in [-0.2, 0) is 4.79 Å². The number of carbonyl (C=O) groups excluding carboxylic acids is 1. The van der Waals surface area contributed by atoms with E-state index in [2.05, 4.69) is 20.6 Å². The Balaban J connectivity index is 1.75. The summed E-state index contributed by atoms with van der Waals surface area (Å²) in [4.78, 5) is 20.4. The van der Waals surface area contributed by atoms with Crippen LogP contribution >= 0.6 is 11.8 Å². The number of amides is 1. The van der Waals surface area contributed by atoms with Crippen molar-refractivity contribution in [1.29, 1.82) is 0 Å². The number of anilines is 3. The van der Waals surface area contributed by atoms with Gasteiger partial charge in [-0.3, -0.25) is 4.79 Å². The molecule has 0 atom stereocenters. The van der Waals surface area contributed by atoms with E-state index in [0.29, 0.717) is 18.1 Å². The highest BCUT2D eigenvalue weighted by Gasteiger charge is 2.06. The Morgan fingerprint density at radius 3 is 2.30 bits per heavy atom. The Labute approximate surface area is 161 Å². The van der Waals surface area contributed by atoms with Crippen LogP contribution in [-0.4, -0.2) is 27.9 Å². The zero-order valence-electron chi connectivity index (χ0n) is 14.8. The lowest BCUT2D eigenvalue weighted by Crippen LogP contribution is -2.13. The van der Waals surface area contributed by atoms with Crippen LogP contribution in [0.15, 0.2) is 60.9 Å². The summed E-state index contributed by atoms with van der Waals surface area (Å²) in [5.74, 6) is 1.59. The molecule has 3 aromatic rings. The Bertz CT molecular complexity index is 918. The van der Waals surface area contributed by atoms with Crippen molar-refractivity contribution in [3.63, 3.8) is 0 Å². The van der Waals surface area contributed by atoms with Gasteiger partial charge >= 0.3 is 0 Å². The number of halogens is 1. The lowest BCUT2D eigenvalue weighted by Gasteiger charge is -2.09. The molecule has 2 N–H and O–H groups in total. The van der Waals surface area contributed by atoms with Crippen LogP contribution in [0.25, 0.3) is 11.1 Å². The summed E-state index contributed by atoms with van der Waals surface area (Å²) < 4.78 is 13.0. The highest BCUT2D eigenvalue weighted by molar-refractivity contribution is 7.98. The molecule has 2 heterocycles. The number of carbonyl (C=O) groups is 1. The average molecular weight is 382 g/mol. The Kier molecular flexibility index (Phi) is 6.38. The summed E-state index contributed by atoms with van der Waals surface area (Å²) in [6, 6.07) is 13.5. The lowest BCUT2D eigenvalue weighted by molar-refractivity contribution is -0.115. The molecule has 5 nitrogen and oxygen atoms in total. The molecule has 138 valence electrons. The van der Waals surface area contributed by atoms with Crippen LogP contribution in [0, 0.1) is 5.82 Å². The van der Waals surface area contributed by atoms with Crippen LogP contribution in [0.2, 0.25) is 0 Å². The van der Waals surface area contributed by atoms with E-state index >= 15 is 0 Å². The SMILES string of the molecule is CSCCC(=O)Nc1cc(-c2ccnc(Nc3ccc(F)cc3)c2)ccn1. The molecule has 0 saturated heterocycles. The molecule has 0 unspecified atom stereocenters. The molecule has 27 heavy (non-hydrogen) atoms. The number of rotatable bonds is 7. The average Bonchev–Trinajstić information content (AvgIpc) is 2.69. The molecule has 0 spiro atoms. The van der Waals surface area contributed by atoms with Gasteiger partial charge in [0.1, 0.15) is 17.5 Å². The predicted molar refractivity (Wildman–Crippen MR) is 109 cm³/mol. The zero-order valence-corrected chi connectivity index (χ0v) is 15.6. The molecule has 1 amide bonds. The molecule has 2 aromatic heterocycles. The van der Waals surface area contributed by atoms with Gasteiger partial charge in [-0.25, -0.2) is 14.4 Å². The molecule has 7 heteroatoms. The second-order valence-corrected chi connectivity index (χ2v) is 6.77. The highest BCUT2D eigenvalue weighted by Crippen LogP contribution is 2.24. The van der Waals surface area contributed by atoms with Gasteiger partial charge in [-0.15, -0.1) is 0 Å². The fourth-order valence-electron chi connectivity index (χ4n) is 2.44. The second-order valence-electron chi connectivity index (χ2n) is 5.78. The zero-order chi connectivity index (χ0) is 19.1. The minimum Gasteiger partial charge on any atom is -0.340 e. The van der Waals surface area contributed by atoms with Crippen LogP contribution in [0.1, 0.15) is 6.42 Å². The van der Waals surface area contributed by atoms with Gasteiger partial charge in [-0.1, -0.05) is 0 Å². The maximum absolute atomic E-state index is 13.0. The Hall–Kier alpha value is -2.93. The molecule has 0 radical (unpaired) electrons. The molecule has 1 aromatic carbocycles. The van der Waals surface area contributed by atoms with Crippen molar-refractivity contribution < 1.29 is 9.18 Å². The van der Waals surface area contributed by atoms with E-state index in [1.807, 2.05) is 30.5 Å². The van der Waals surface area contributed by atoms with Crippen LogP contribution in [0.5, 0.6) is 0 Å². The molecule has 0 saturated carbocycles. The van der Waals surface area contributed by atoms with Crippen LogP contribution < -0.4 is 10.6 Å². The maximum Gasteiger partial charge on any atom is 0.226 e. The molecule has 0 aliphatic heterocycles. The Morgan fingerprint density at radius 1 is 1.00 bits per heavy atom. The third-order valence-electron chi connectivity index (χ3n) is 3.77. The molecule has 0 aliphatic carbocycles. The number of nitrogens with zero attached hydrogens (tertiary/aromatic N) is 2. The summed E-state index contributed by atoms with van der Waals surface area (Å²) in [7, 11) is 0. The van der Waals surface area contributed by atoms with Crippen molar-refractivity contribution >= 4 is 35.0 Å². The number of pyridine rings is 2. The van der Waals surface area contributed by atoms with E-state index in [4.69, 9.17) is 0 Å². The predicted octanol–water partition coefficient (Wildman–Crippen LogP) is 4.72. The number of thioether (sulfide) groups is 1. The van der Waals surface area contributed by atoms with Gasteiger partial charge in [0.15, 0.2) is 0 Å². The minimum atomic E-state index is -0.286. The van der Waals surface area contributed by atoms with E-state index in [1.165, 1.54) is 12.1 Å². The van der Waals surface area contributed by atoms with Gasteiger partial charge in [-0.05, 0) is 65.9 Å². The van der Waals surface area contributed by atoms with Gasteiger partial charge in [0, 0.05) is 30.3 Å². The first-order valence-electron chi connectivity index (χ1n) is 8.38. The van der Waals surface area contributed by atoms with E-state index in [1.54, 1.807) is 36.3 Å². The van der Waals surface area contributed by atoms with Crippen molar-refractivity contribution in [1.82, 2.24) is 9.97 Å².